The Morgan fingerprint density at radius 1 is 1.25 bits per heavy atom. The van der Waals surface area contributed by atoms with Crippen LogP contribution in [0.4, 0.5) is 0 Å². The fourth-order valence-electron chi connectivity index (χ4n) is 1.86. The van der Waals surface area contributed by atoms with Gasteiger partial charge in [-0.3, -0.25) is 0 Å². The van der Waals surface area contributed by atoms with Gasteiger partial charge in [-0.15, -0.1) is 0 Å². The molecule has 0 heterocycles. The van der Waals surface area contributed by atoms with Gasteiger partial charge in [-0.1, -0.05) is 0 Å². The molecule has 0 radical (unpaired) electrons. The summed E-state index contributed by atoms with van der Waals surface area (Å²) in [5.41, 5.74) is 0. The lowest BCUT2D eigenvalue weighted by molar-refractivity contribution is 0.00866. The van der Waals surface area contributed by atoms with Crippen LogP contribution in [-0.2, 0) is 0 Å². The average molecular weight is 112 g/mol. The van der Waals surface area contributed by atoms with Crippen molar-refractivity contribution < 1.29 is 10.0 Å². The quantitative estimate of drug-likeness (QED) is 0.469. The monoisotopic (exact) mass is 112 g/mol. The van der Waals surface area contributed by atoms with Crippen LogP contribution < -0.4 is 0 Å². The van der Waals surface area contributed by atoms with Crippen LogP contribution in [0, 0.1) is 5.92 Å². The lowest BCUT2D eigenvalue weighted by Gasteiger charge is -2.61. The van der Waals surface area contributed by atoms with Crippen molar-refractivity contribution in [3.63, 3.8) is 0 Å². The van der Waals surface area contributed by atoms with E-state index in [0.717, 1.165) is 25.2 Å². The molecule has 0 aromatic rings. The summed E-state index contributed by atoms with van der Waals surface area (Å²) in [4.78, 5) is 0. The molecule has 3 aliphatic rings. The van der Waals surface area contributed by atoms with Crippen LogP contribution in [0.25, 0.3) is 0 Å². The summed E-state index contributed by atoms with van der Waals surface area (Å²) in [5.74, 6) is 0.844. The van der Waals surface area contributed by atoms with Crippen molar-refractivity contribution in [3.8, 4) is 0 Å². The second kappa shape index (κ2) is 1.11. The molecule has 0 aromatic heterocycles. The van der Waals surface area contributed by atoms with E-state index < -0.39 is 7.12 Å². The number of hydrogen-bond donors (Lipinski definition) is 2. The highest BCUT2D eigenvalue weighted by Gasteiger charge is 2.62. The predicted molar refractivity (Wildman–Crippen MR) is 30.2 cm³/mol. The molecule has 2 bridgehead atoms. The van der Waals surface area contributed by atoms with Gasteiger partial charge in [0.1, 0.15) is 0 Å². The van der Waals surface area contributed by atoms with Crippen molar-refractivity contribution in [1.29, 1.82) is 0 Å². The molecule has 8 heavy (non-hydrogen) atoms. The Morgan fingerprint density at radius 2 is 1.75 bits per heavy atom. The molecule has 2 nitrogen and oxygen atoms in total. The molecule has 3 saturated carbocycles. The van der Waals surface area contributed by atoms with E-state index in [4.69, 9.17) is 10.0 Å². The zero-order valence-corrected chi connectivity index (χ0v) is 4.67. The van der Waals surface area contributed by atoms with Gasteiger partial charge in [0.2, 0.25) is 0 Å². The fourth-order valence-corrected chi connectivity index (χ4v) is 1.86. The Labute approximate surface area is 48.7 Å². The van der Waals surface area contributed by atoms with Gasteiger partial charge in [0.25, 0.3) is 0 Å². The first-order chi connectivity index (χ1) is 3.73. The smallest absolute Gasteiger partial charge is 0.427 e. The van der Waals surface area contributed by atoms with E-state index in [0.29, 0.717) is 0 Å². The fraction of sp³-hybridized carbons (Fsp3) is 1.00. The van der Waals surface area contributed by atoms with E-state index in [1.165, 1.54) is 0 Å². The van der Waals surface area contributed by atoms with Crippen molar-refractivity contribution in [3.05, 3.63) is 0 Å². The van der Waals surface area contributed by atoms with Crippen LogP contribution in [0.2, 0.25) is 5.31 Å². The third kappa shape index (κ3) is 0.338. The minimum atomic E-state index is -1.03. The molecule has 0 saturated heterocycles. The molecular formula is C5H9BO2. The molecule has 0 amide bonds. The Hall–Kier alpha value is -0.0151. The van der Waals surface area contributed by atoms with Gasteiger partial charge in [-0.2, -0.15) is 0 Å². The van der Waals surface area contributed by atoms with Gasteiger partial charge in [0.05, 0.1) is 0 Å². The van der Waals surface area contributed by atoms with Crippen molar-refractivity contribution in [1.82, 2.24) is 0 Å². The molecule has 0 spiro atoms. The first-order valence-corrected chi connectivity index (χ1v) is 3.09. The van der Waals surface area contributed by atoms with Crippen molar-refractivity contribution >= 4 is 7.12 Å². The highest BCUT2D eigenvalue weighted by Crippen LogP contribution is 2.70. The third-order valence-electron chi connectivity index (χ3n) is 2.63. The van der Waals surface area contributed by atoms with Gasteiger partial charge in [-0.05, 0) is 25.2 Å². The molecular weight excluding hydrogens is 103 g/mol. The van der Waals surface area contributed by atoms with Gasteiger partial charge in [0.15, 0.2) is 0 Å². The summed E-state index contributed by atoms with van der Waals surface area (Å²) in [7, 11) is -1.03. The summed E-state index contributed by atoms with van der Waals surface area (Å²) in [6.45, 7) is 0. The van der Waals surface area contributed by atoms with E-state index in [-0.39, 0.29) is 5.31 Å². The second-order valence-corrected chi connectivity index (χ2v) is 3.21. The molecule has 44 valence electrons. The molecule has 2 N–H and O–H groups in total. The van der Waals surface area contributed by atoms with Crippen LogP contribution in [0.1, 0.15) is 19.3 Å². The summed E-state index contributed by atoms with van der Waals surface area (Å²) >= 11 is 0. The molecule has 3 heteroatoms. The van der Waals surface area contributed by atoms with E-state index >= 15 is 0 Å². The maximum Gasteiger partial charge on any atom is 0.458 e. The van der Waals surface area contributed by atoms with Gasteiger partial charge in [0, 0.05) is 5.31 Å². The Morgan fingerprint density at radius 3 is 1.75 bits per heavy atom. The molecule has 3 rings (SSSR count). The van der Waals surface area contributed by atoms with Crippen LogP contribution >= 0.6 is 0 Å². The summed E-state index contributed by atoms with van der Waals surface area (Å²) in [6, 6.07) is 0. The first kappa shape index (κ1) is 4.83. The minimum Gasteiger partial charge on any atom is -0.427 e. The van der Waals surface area contributed by atoms with Crippen LogP contribution in [0.15, 0.2) is 0 Å². The largest absolute Gasteiger partial charge is 0.458 e. The van der Waals surface area contributed by atoms with Gasteiger partial charge >= 0.3 is 7.12 Å². The summed E-state index contributed by atoms with van der Waals surface area (Å²) in [5, 5.41) is 17.4. The second-order valence-electron chi connectivity index (χ2n) is 3.21. The molecule has 0 atom stereocenters. The lowest BCUT2D eigenvalue weighted by Crippen LogP contribution is -2.55. The maximum absolute atomic E-state index is 8.72. The normalized spacial score (nSPS) is 49.5. The standard InChI is InChI=1S/C5H9BO2/c7-6(8)5-1-4(2-5)3-5/h4,7-8H,1-3H2. The van der Waals surface area contributed by atoms with Crippen LogP contribution in [0.5, 0.6) is 0 Å². The summed E-state index contributed by atoms with van der Waals surface area (Å²) in [6.07, 6.45) is 3.18. The summed E-state index contributed by atoms with van der Waals surface area (Å²) < 4.78 is 0. The zero-order valence-electron chi connectivity index (χ0n) is 4.67. The Bertz CT molecular complexity index is 107. The highest BCUT2D eigenvalue weighted by atomic mass is 16.4. The average Bonchev–Trinajstić information content (AvgIpc) is 1.16. The van der Waals surface area contributed by atoms with Crippen LogP contribution in [-0.4, -0.2) is 17.2 Å². The zero-order chi connectivity index (χ0) is 5.78. The number of rotatable bonds is 1. The van der Waals surface area contributed by atoms with Crippen LogP contribution in [0.3, 0.4) is 0 Å². The third-order valence-corrected chi connectivity index (χ3v) is 2.63. The van der Waals surface area contributed by atoms with E-state index in [2.05, 4.69) is 0 Å². The number of hydrogen-bond acceptors (Lipinski definition) is 2. The van der Waals surface area contributed by atoms with Crippen molar-refractivity contribution in [2.45, 2.75) is 24.6 Å². The topological polar surface area (TPSA) is 40.5 Å². The highest BCUT2D eigenvalue weighted by molar-refractivity contribution is 6.46. The lowest BCUT2D eigenvalue weighted by atomic mass is 9.31. The molecule has 0 aromatic carbocycles. The molecule has 3 fully saturated rings. The minimum absolute atomic E-state index is 0.0231. The Balaban J connectivity index is 2.04. The molecule has 0 aliphatic heterocycles. The predicted octanol–water partition coefficient (Wildman–Crippen LogP) is 0.0133. The molecule has 3 aliphatic carbocycles. The van der Waals surface area contributed by atoms with Gasteiger partial charge < -0.3 is 10.0 Å². The van der Waals surface area contributed by atoms with E-state index in [9.17, 15) is 0 Å². The molecule has 0 unspecified atom stereocenters. The van der Waals surface area contributed by atoms with E-state index in [1.54, 1.807) is 0 Å². The Kier molecular flexibility index (Phi) is 0.672. The maximum atomic E-state index is 8.72. The van der Waals surface area contributed by atoms with Crippen molar-refractivity contribution in [2.75, 3.05) is 0 Å². The first-order valence-electron chi connectivity index (χ1n) is 3.09. The van der Waals surface area contributed by atoms with Gasteiger partial charge in [-0.25, -0.2) is 0 Å². The van der Waals surface area contributed by atoms with E-state index in [1.807, 2.05) is 0 Å². The SMILES string of the molecule is OB(O)C12CC(C1)C2. The van der Waals surface area contributed by atoms with Crippen molar-refractivity contribution in [2.24, 2.45) is 5.92 Å².